The second-order valence-corrected chi connectivity index (χ2v) is 6.70. The van der Waals surface area contributed by atoms with E-state index in [9.17, 15) is 4.79 Å². The van der Waals surface area contributed by atoms with Crippen molar-refractivity contribution in [2.45, 2.75) is 50.7 Å². The lowest BCUT2D eigenvalue weighted by Gasteiger charge is -2.28. The summed E-state index contributed by atoms with van der Waals surface area (Å²) in [5, 5.41) is 0.700. The molecule has 0 aromatic heterocycles. The Morgan fingerprint density at radius 1 is 1.41 bits per heavy atom. The van der Waals surface area contributed by atoms with E-state index < -0.39 is 0 Å². The van der Waals surface area contributed by atoms with Crippen LogP contribution in [0.25, 0.3) is 0 Å². The van der Waals surface area contributed by atoms with E-state index in [-0.39, 0.29) is 0 Å². The predicted molar refractivity (Wildman–Crippen MR) is 76.7 cm³/mol. The van der Waals surface area contributed by atoms with Crippen LogP contribution in [-0.4, -0.2) is 42.3 Å². The molecule has 0 N–H and O–H groups in total. The van der Waals surface area contributed by atoms with E-state index >= 15 is 0 Å². The lowest BCUT2D eigenvalue weighted by molar-refractivity contribution is -0.120. The Morgan fingerprint density at radius 3 is 2.65 bits per heavy atom. The average Bonchev–Trinajstić information content (AvgIpc) is 2.32. The first-order valence-corrected chi connectivity index (χ1v) is 8.13. The fourth-order valence-electron chi connectivity index (χ4n) is 2.39. The standard InChI is InChI=1S/C14H27NOS/c1-12(17-3)5-4-6-14(16)11-13-7-9-15(2)10-8-13/h12-13H,4-11H2,1-3H3. The summed E-state index contributed by atoms with van der Waals surface area (Å²) in [7, 11) is 2.17. The molecule has 0 aliphatic carbocycles. The van der Waals surface area contributed by atoms with Gasteiger partial charge in [0.05, 0.1) is 0 Å². The molecule has 0 aromatic rings. The van der Waals surface area contributed by atoms with Crippen LogP contribution in [0.1, 0.15) is 45.4 Å². The van der Waals surface area contributed by atoms with Crippen molar-refractivity contribution in [3.05, 3.63) is 0 Å². The molecular formula is C14H27NOS. The van der Waals surface area contributed by atoms with Crippen LogP contribution in [0.3, 0.4) is 0 Å². The molecule has 1 unspecified atom stereocenters. The first-order valence-electron chi connectivity index (χ1n) is 6.85. The molecule has 0 amide bonds. The first-order chi connectivity index (χ1) is 8.11. The third-order valence-corrected chi connectivity index (χ3v) is 4.86. The summed E-state index contributed by atoms with van der Waals surface area (Å²) in [6.45, 7) is 4.58. The molecule has 0 saturated carbocycles. The normalized spacial score (nSPS) is 20.4. The van der Waals surface area contributed by atoms with Crippen molar-refractivity contribution in [3.8, 4) is 0 Å². The Morgan fingerprint density at radius 2 is 2.06 bits per heavy atom. The number of likely N-dealkylation sites (tertiary alicyclic amines) is 1. The van der Waals surface area contributed by atoms with E-state index in [1.165, 1.54) is 32.4 Å². The molecule has 1 saturated heterocycles. The summed E-state index contributed by atoms with van der Waals surface area (Å²) in [5.41, 5.74) is 0. The van der Waals surface area contributed by atoms with E-state index in [2.05, 4.69) is 25.1 Å². The van der Waals surface area contributed by atoms with Gasteiger partial charge in [0.15, 0.2) is 0 Å². The fourth-order valence-corrected chi connectivity index (χ4v) is 2.80. The molecule has 0 bridgehead atoms. The van der Waals surface area contributed by atoms with Crippen molar-refractivity contribution in [3.63, 3.8) is 0 Å². The molecule has 0 aromatic carbocycles. The smallest absolute Gasteiger partial charge is 0.133 e. The second-order valence-electron chi connectivity index (χ2n) is 5.43. The lowest BCUT2D eigenvalue weighted by Crippen LogP contribution is -2.31. The van der Waals surface area contributed by atoms with Crippen LogP contribution in [0.4, 0.5) is 0 Å². The topological polar surface area (TPSA) is 20.3 Å². The zero-order valence-corrected chi connectivity index (χ0v) is 12.4. The Hall–Kier alpha value is -0.0200. The molecule has 100 valence electrons. The van der Waals surface area contributed by atoms with Crippen molar-refractivity contribution in [2.75, 3.05) is 26.4 Å². The summed E-state index contributed by atoms with van der Waals surface area (Å²) >= 11 is 1.90. The zero-order chi connectivity index (χ0) is 12.7. The summed E-state index contributed by atoms with van der Waals surface area (Å²) in [5.74, 6) is 1.16. The Kier molecular flexibility index (Phi) is 7.21. The number of Topliss-reactive ketones (excluding diaryl/α,β-unsaturated/α-hetero) is 1. The molecule has 0 spiro atoms. The fraction of sp³-hybridized carbons (Fsp3) is 0.929. The zero-order valence-electron chi connectivity index (χ0n) is 11.6. The summed E-state index contributed by atoms with van der Waals surface area (Å²) < 4.78 is 0. The van der Waals surface area contributed by atoms with Gasteiger partial charge in [-0.1, -0.05) is 6.92 Å². The molecule has 3 heteroatoms. The van der Waals surface area contributed by atoms with Crippen LogP contribution in [-0.2, 0) is 4.79 Å². The molecule has 1 aliphatic rings. The number of hydrogen-bond acceptors (Lipinski definition) is 3. The van der Waals surface area contributed by atoms with Crippen molar-refractivity contribution in [1.82, 2.24) is 4.90 Å². The first kappa shape index (κ1) is 15.0. The lowest BCUT2D eigenvalue weighted by atomic mass is 9.90. The van der Waals surface area contributed by atoms with Crippen LogP contribution in [0.15, 0.2) is 0 Å². The third kappa shape index (κ3) is 6.46. The average molecular weight is 257 g/mol. The highest BCUT2D eigenvalue weighted by Gasteiger charge is 2.19. The van der Waals surface area contributed by atoms with Gasteiger partial charge in [0, 0.05) is 18.1 Å². The summed E-state index contributed by atoms with van der Waals surface area (Å²) in [4.78, 5) is 14.2. The SMILES string of the molecule is CSC(C)CCCC(=O)CC1CCN(C)CC1. The maximum absolute atomic E-state index is 11.8. The molecule has 17 heavy (non-hydrogen) atoms. The van der Waals surface area contributed by atoms with E-state index in [4.69, 9.17) is 0 Å². The maximum Gasteiger partial charge on any atom is 0.133 e. The van der Waals surface area contributed by atoms with Crippen LogP contribution in [0.5, 0.6) is 0 Å². The van der Waals surface area contributed by atoms with E-state index in [1.807, 2.05) is 11.8 Å². The minimum absolute atomic E-state index is 0.493. The van der Waals surface area contributed by atoms with Crippen LogP contribution in [0, 0.1) is 5.92 Å². The van der Waals surface area contributed by atoms with Gasteiger partial charge in [-0.2, -0.15) is 11.8 Å². The van der Waals surface area contributed by atoms with Crippen LogP contribution < -0.4 is 0 Å². The van der Waals surface area contributed by atoms with Crippen LogP contribution >= 0.6 is 11.8 Å². The van der Waals surface area contributed by atoms with Crippen molar-refractivity contribution in [1.29, 1.82) is 0 Å². The highest BCUT2D eigenvalue weighted by molar-refractivity contribution is 7.99. The van der Waals surface area contributed by atoms with Gasteiger partial charge in [-0.3, -0.25) is 4.79 Å². The van der Waals surface area contributed by atoms with E-state index in [0.717, 1.165) is 19.3 Å². The number of piperidine rings is 1. The molecule has 1 fully saturated rings. The highest BCUT2D eigenvalue weighted by Crippen LogP contribution is 2.21. The molecule has 1 atom stereocenters. The Balaban J connectivity index is 2.08. The molecule has 1 rings (SSSR count). The minimum atomic E-state index is 0.493. The number of nitrogens with zero attached hydrogens (tertiary/aromatic N) is 1. The third-order valence-electron chi connectivity index (χ3n) is 3.82. The Labute approximate surface area is 111 Å². The second kappa shape index (κ2) is 8.15. The highest BCUT2D eigenvalue weighted by atomic mass is 32.2. The number of carbonyl (C=O) groups excluding carboxylic acids is 1. The number of ketones is 1. The maximum atomic E-state index is 11.8. The van der Waals surface area contributed by atoms with Gasteiger partial charge in [-0.15, -0.1) is 0 Å². The van der Waals surface area contributed by atoms with Gasteiger partial charge < -0.3 is 4.90 Å². The molecule has 1 heterocycles. The van der Waals surface area contributed by atoms with Gasteiger partial charge in [0.1, 0.15) is 5.78 Å². The van der Waals surface area contributed by atoms with Crippen molar-refractivity contribution >= 4 is 17.5 Å². The Bertz CT molecular complexity index is 224. The number of rotatable bonds is 7. The predicted octanol–water partition coefficient (Wildman–Crippen LogP) is 3.21. The molecule has 1 aliphatic heterocycles. The number of carbonyl (C=O) groups is 1. The van der Waals surface area contributed by atoms with Crippen LogP contribution in [0.2, 0.25) is 0 Å². The van der Waals surface area contributed by atoms with Crippen molar-refractivity contribution < 1.29 is 4.79 Å². The number of thioether (sulfide) groups is 1. The van der Waals surface area contributed by atoms with Gasteiger partial charge >= 0.3 is 0 Å². The quantitative estimate of drug-likeness (QED) is 0.698. The van der Waals surface area contributed by atoms with Gasteiger partial charge in [0.2, 0.25) is 0 Å². The van der Waals surface area contributed by atoms with E-state index in [1.54, 1.807) is 0 Å². The number of hydrogen-bond donors (Lipinski definition) is 0. The monoisotopic (exact) mass is 257 g/mol. The summed E-state index contributed by atoms with van der Waals surface area (Å²) in [6, 6.07) is 0. The van der Waals surface area contributed by atoms with Crippen molar-refractivity contribution in [2.24, 2.45) is 5.92 Å². The minimum Gasteiger partial charge on any atom is -0.306 e. The largest absolute Gasteiger partial charge is 0.306 e. The molecule has 0 radical (unpaired) electrons. The summed E-state index contributed by atoms with van der Waals surface area (Å²) in [6.07, 6.45) is 8.46. The van der Waals surface area contributed by atoms with Gasteiger partial charge in [-0.25, -0.2) is 0 Å². The van der Waals surface area contributed by atoms with E-state index in [0.29, 0.717) is 17.0 Å². The van der Waals surface area contributed by atoms with Gasteiger partial charge in [0.25, 0.3) is 0 Å². The molecule has 2 nitrogen and oxygen atoms in total. The van der Waals surface area contributed by atoms with Gasteiger partial charge in [-0.05, 0) is 58.0 Å². The molecular weight excluding hydrogens is 230 g/mol.